The fourth-order valence-electron chi connectivity index (χ4n) is 3.14. The van der Waals surface area contributed by atoms with Gasteiger partial charge in [0.1, 0.15) is 5.75 Å². The smallest absolute Gasteiger partial charge is 0.248 e. The first-order valence-corrected chi connectivity index (χ1v) is 7.59. The van der Waals surface area contributed by atoms with E-state index in [1.165, 1.54) is 0 Å². The van der Waals surface area contributed by atoms with Gasteiger partial charge < -0.3 is 15.2 Å². The van der Waals surface area contributed by atoms with Crippen LogP contribution >= 0.6 is 0 Å². The lowest BCUT2D eigenvalue weighted by molar-refractivity contribution is -0.127. The number of para-hydroxylation sites is 1. The summed E-state index contributed by atoms with van der Waals surface area (Å²) in [5.74, 6) is -3.41. The van der Waals surface area contributed by atoms with E-state index in [9.17, 15) is 18.7 Å². The van der Waals surface area contributed by atoms with Crippen molar-refractivity contribution in [1.82, 2.24) is 0 Å². The maximum absolute atomic E-state index is 13.4. The fraction of sp³-hybridized carbons (Fsp3) is 0.562. The molecule has 1 aromatic carbocycles. The predicted octanol–water partition coefficient (Wildman–Crippen LogP) is 3.27. The Labute approximate surface area is 127 Å². The van der Waals surface area contributed by atoms with Crippen LogP contribution in [0.15, 0.2) is 18.2 Å². The number of benzene rings is 1. The van der Waals surface area contributed by atoms with Crippen molar-refractivity contribution in [3.8, 4) is 5.75 Å². The van der Waals surface area contributed by atoms with Crippen LogP contribution in [0.1, 0.15) is 43.8 Å². The lowest BCUT2D eigenvalue weighted by Crippen LogP contribution is -2.33. The molecule has 3 rings (SSSR count). The Kier molecular flexibility index (Phi) is 4.04. The first kappa shape index (κ1) is 15.2. The van der Waals surface area contributed by atoms with Crippen LogP contribution in [-0.4, -0.2) is 23.5 Å². The number of ether oxygens (including phenoxy) is 1. The van der Waals surface area contributed by atoms with Crippen molar-refractivity contribution in [2.75, 3.05) is 11.9 Å². The summed E-state index contributed by atoms with van der Waals surface area (Å²) < 4.78 is 32.4. The SMILES string of the molecule is O=C(Nc1cccc2c1OCC[C@@H]2O)[C@H]1CCCC(F)(F)C1. The lowest BCUT2D eigenvalue weighted by atomic mass is 9.86. The molecule has 0 saturated heterocycles. The zero-order valence-electron chi connectivity index (χ0n) is 12.1. The number of fused-ring (bicyclic) bond motifs is 1. The molecule has 1 aliphatic heterocycles. The zero-order chi connectivity index (χ0) is 15.7. The molecular formula is C16H19F2NO3. The Bertz CT molecular complexity index is 577. The van der Waals surface area contributed by atoms with Gasteiger partial charge in [0, 0.05) is 30.7 Å². The zero-order valence-corrected chi connectivity index (χ0v) is 12.1. The molecular weight excluding hydrogens is 292 g/mol. The molecule has 1 heterocycles. The quantitative estimate of drug-likeness (QED) is 0.881. The fourth-order valence-corrected chi connectivity index (χ4v) is 3.14. The Hall–Kier alpha value is -1.69. The predicted molar refractivity (Wildman–Crippen MR) is 77.0 cm³/mol. The van der Waals surface area contributed by atoms with Crippen LogP contribution in [0.3, 0.4) is 0 Å². The van der Waals surface area contributed by atoms with Crippen LogP contribution in [-0.2, 0) is 4.79 Å². The highest BCUT2D eigenvalue weighted by Gasteiger charge is 2.39. The van der Waals surface area contributed by atoms with Crippen molar-refractivity contribution in [1.29, 1.82) is 0 Å². The van der Waals surface area contributed by atoms with Crippen LogP contribution in [0.5, 0.6) is 5.75 Å². The average molecular weight is 311 g/mol. The van der Waals surface area contributed by atoms with Crippen LogP contribution in [0.2, 0.25) is 0 Å². The van der Waals surface area contributed by atoms with Crippen molar-refractivity contribution in [3.63, 3.8) is 0 Å². The number of nitrogens with one attached hydrogen (secondary N) is 1. The molecule has 0 unspecified atom stereocenters. The highest BCUT2D eigenvalue weighted by Crippen LogP contribution is 2.40. The second kappa shape index (κ2) is 5.83. The lowest BCUT2D eigenvalue weighted by Gasteiger charge is -2.29. The van der Waals surface area contributed by atoms with Gasteiger partial charge in [-0.3, -0.25) is 4.79 Å². The van der Waals surface area contributed by atoms with E-state index in [0.717, 1.165) is 0 Å². The summed E-state index contributed by atoms with van der Waals surface area (Å²) in [4.78, 5) is 12.3. The average Bonchev–Trinajstić information content (AvgIpc) is 2.47. The summed E-state index contributed by atoms with van der Waals surface area (Å²) in [6, 6.07) is 5.11. The molecule has 0 aromatic heterocycles. The standard InChI is InChI=1S/C16H19F2NO3/c17-16(18)7-2-3-10(9-16)15(21)19-12-5-1-4-11-13(20)6-8-22-14(11)12/h1,4-5,10,13,20H,2-3,6-9H2,(H,19,21)/t10-,13-/m0/s1. The molecule has 0 bridgehead atoms. The van der Waals surface area contributed by atoms with Crippen molar-refractivity contribution in [2.24, 2.45) is 5.92 Å². The molecule has 1 fully saturated rings. The Morgan fingerprint density at radius 3 is 2.95 bits per heavy atom. The van der Waals surface area contributed by atoms with E-state index in [0.29, 0.717) is 42.9 Å². The molecule has 2 aliphatic rings. The Morgan fingerprint density at radius 2 is 2.18 bits per heavy atom. The van der Waals surface area contributed by atoms with E-state index in [4.69, 9.17) is 4.74 Å². The third-order valence-corrected chi connectivity index (χ3v) is 4.31. The summed E-state index contributed by atoms with van der Waals surface area (Å²) in [7, 11) is 0. The Morgan fingerprint density at radius 1 is 1.36 bits per heavy atom. The summed E-state index contributed by atoms with van der Waals surface area (Å²) in [6.45, 7) is 0.364. The minimum Gasteiger partial charge on any atom is -0.491 e. The largest absolute Gasteiger partial charge is 0.491 e. The third-order valence-electron chi connectivity index (χ3n) is 4.31. The Balaban J connectivity index is 1.76. The molecule has 1 saturated carbocycles. The van der Waals surface area contributed by atoms with E-state index in [2.05, 4.69) is 5.32 Å². The third kappa shape index (κ3) is 3.06. The summed E-state index contributed by atoms with van der Waals surface area (Å²) in [6.07, 6.45) is 0.149. The van der Waals surface area contributed by atoms with Gasteiger partial charge in [0.2, 0.25) is 11.8 Å². The first-order valence-electron chi connectivity index (χ1n) is 7.59. The number of aliphatic hydroxyl groups is 1. The van der Waals surface area contributed by atoms with E-state index >= 15 is 0 Å². The van der Waals surface area contributed by atoms with Gasteiger partial charge in [0.25, 0.3) is 0 Å². The number of alkyl halides is 2. The number of hydrogen-bond donors (Lipinski definition) is 2. The van der Waals surface area contributed by atoms with Gasteiger partial charge in [-0.25, -0.2) is 8.78 Å². The van der Waals surface area contributed by atoms with Gasteiger partial charge in [0.05, 0.1) is 18.4 Å². The second-order valence-electron chi connectivity index (χ2n) is 6.02. The number of anilines is 1. The molecule has 1 aliphatic carbocycles. The van der Waals surface area contributed by atoms with E-state index < -0.39 is 30.3 Å². The van der Waals surface area contributed by atoms with Gasteiger partial charge in [-0.05, 0) is 18.9 Å². The van der Waals surface area contributed by atoms with Gasteiger partial charge in [-0.15, -0.1) is 0 Å². The maximum atomic E-state index is 13.4. The van der Waals surface area contributed by atoms with E-state index in [-0.39, 0.29) is 6.42 Å². The minimum absolute atomic E-state index is 0.146. The number of halogens is 2. The van der Waals surface area contributed by atoms with Crippen LogP contribution in [0.25, 0.3) is 0 Å². The number of carbonyl (C=O) groups excluding carboxylic acids is 1. The number of amides is 1. The van der Waals surface area contributed by atoms with E-state index in [1.54, 1.807) is 18.2 Å². The number of rotatable bonds is 2. The molecule has 1 amide bonds. The van der Waals surface area contributed by atoms with Gasteiger partial charge >= 0.3 is 0 Å². The van der Waals surface area contributed by atoms with Crippen LogP contribution in [0.4, 0.5) is 14.5 Å². The van der Waals surface area contributed by atoms with Crippen LogP contribution < -0.4 is 10.1 Å². The molecule has 6 heteroatoms. The van der Waals surface area contributed by atoms with Crippen molar-refractivity contribution < 1.29 is 23.4 Å². The molecule has 120 valence electrons. The maximum Gasteiger partial charge on any atom is 0.248 e. The molecule has 2 N–H and O–H groups in total. The minimum atomic E-state index is -2.76. The number of aliphatic hydroxyl groups excluding tert-OH is 1. The molecule has 0 spiro atoms. The molecule has 1 aromatic rings. The topological polar surface area (TPSA) is 58.6 Å². The first-order chi connectivity index (χ1) is 10.5. The van der Waals surface area contributed by atoms with Crippen molar-refractivity contribution in [3.05, 3.63) is 23.8 Å². The molecule has 0 radical (unpaired) electrons. The second-order valence-corrected chi connectivity index (χ2v) is 6.02. The van der Waals surface area contributed by atoms with Gasteiger partial charge in [-0.2, -0.15) is 0 Å². The molecule has 2 atom stereocenters. The highest BCUT2D eigenvalue weighted by atomic mass is 19.3. The van der Waals surface area contributed by atoms with E-state index in [1.807, 2.05) is 0 Å². The summed E-state index contributed by atoms with van der Waals surface area (Å²) in [5.41, 5.74) is 1.06. The van der Waals surface area contributed by atoms with Gasteiger partial charge in [0.15, 0.2) is 0 Å². The number of hydrogen-bond acceptors (Lipinski definition) is 3. The van der Waals surface area contributed by atoms with Crippen molar-refractivity contribution >= 4 is 11.6 Å². The monoisotopic (exact) mass is 311 g/mol. The highest BCUT2D eigenvalue weighted by molar-refractivity contribution is 5.94. The molecule has 22 heavy (non-hydrogen) atoms. The summed E-state index contributed by atoms with van der Waals surface area (Å²) in [5, 5.41) is 12.6. The van der Waals surface area contributed by atoms with Crippen molar-refractivity contribution in [2.45, 2.75) is 44.1 Å². The molecule has 4 nitrogen and oxygen atoms in total. The normalized spacial score (nSPS) is 26.7. The number of carbonyl (C=O) groups is 1. The van der Waals surface area contributed by atoms with Crippen LogP contribution in [0, 0.1) is 5.92 Å². The summed E-state index contributed by atoms with van der Waals surface area (Å²) >= 11 is 0. The van der Waals surface area contributed by atoms with Gasteiger partial charge in [-0.1, -0.05) is 12.1 Å².